The summed E-state index contributed by atoms with van der Waals surface area (Å²) < 4.78 is 18.5. The second kappa shape index (κ2) is 5.77. The molecule has 0 saturated carbocycles. The van der Waals surface area contributed by atoms with Gasteiger partial charge in [0.05, 0.1) is 19.0 Å². The van der Waals surface area contributed by atoms with Gasteiger partial charge in [-0.05, 0) is 18.2 Å². The second-order valence-electron chi connectivity index (χ2n) is 3.45. The molecule has 0 saturated heterocycles. The lowest BCUT2D eigenvalue weighted by Crippen LogP contribution is -1.89. The lowest BCUT2D eigenvalue weighted by molar-refractivity contribution is 0.386. The fourth-order valence-corrected chi connectivity index (χ4v) is 1.44. The van der Waals surface area contributed by atoms with Crippen LogP contribution in [0.1, 0.15) is 0 Å². The number of H-pyrrole nitrogens is 1. The lowest BCUT2D eigenvalue weighted by Gasteiger charge is -2.04. The summed E-state index contributed by atoms with van der Waals surface area (Å²) in [4.78, 5) is 10.9. The first kappa shape index (κ1) is 12.0. The van der Waals surface area contributed by atoms with Crippen LogP contribution in [0.5, 0.6) is 5.75 Å². The zero-order valence-electron chi connectivity index (χ0n) is 9.80. The van der Waals surface area contributed by atoms with E-state index < -0.39 is 5.82 Å². The summed E-state index contributed by atoms with van der Waals surface area (Å²) >= 11 is 0. The van der Waals surface area contributed by atoms with Crippen LogP contribution in [0.2, 0.25) is 0 Å². The molecule has 0 bridgehead atoms. The van der Waals surface area contributed by atoms with Crippen molar-refractivity contribution in [3.05, 3.63) is 55.0 Å². The predicted molar refractivity (Wildman–Crippen MR) is 66.0 cm³/mol. The number of nitrogens with one attached hydrogen (secondary N) is 1. The van der Waals surface area contributed by atoms with Crippen molar-refractivity contribution in [2.45, 2.75) is 0 Å². The molecule has 0 radical (unpaired) electrons. The molecule has 0 spiro atoms. The number of nitrogens with zero attached hydrogens (tertiary/aromatic N) is 2. The summed E-state index contributed by atoms with van der Waals surface area (Å²) in [6.07, 6.45) is 7.95. The molecule has 2 rings (SSSR count). The third kappa shape index (κ3) is 2.82. The molecule has 1 N–H and O–H groups in total. The first-order valence-electron chi connectivity index (χ1n) is 5.32. The summed E-state index contributed by atoms with van der Waals surface area (Å²) in [5.74, 6) is -0.202. The van der Waals surface area contributed by atoms with Crippen LogP contribution in [0.3, 0.4) is 0 Å². The van der Waals surface area contributed by atoms with E-state index in [2.05, 4.69) is 15.0 Å². The molecule has 5 heteroatoms. The Hall–Kier alpha value is -2.43. The number of aromatic amines is 1. The molecule has 0 aliphatic rings. The fraction of sp³-hybridized carbons (Fsp3) is 0.0769. The number of hydrogen-bond donors (Lipinski definition) is 1. The van der Waals surface area contributed by atoms with Crippen LogP contribution < -0.4 is 4.74 Å². The van der Waals surface area contributed by atoms with Crippen LogP contribution in [0.15, 0.2) is 49.2 Å². The summed E-state index contributed by atoms with van der Waals surface area (Å²) in [5.41, 5.74) is 1.35. The highest BCUT2D eigenvalue weighted by molar-refractivity contribution is 5.58. The van der Waals surface area contributed by atoms with Gasteiger partial charge in [0.25, 0.3) is 0 Å². The Morgan fingerprint density at radius 2 is 2.00 bits per heavy atom. The largest absolute Gasteiger partial charge is 0.494 e. The summed E-state index contributed by atoms with van der Waals surface area (Å²) in [6, 6.07) is 4.71. The molecule has 92 valence electrons. The van der Waals surface area contributed by atoms with Gasteiger partial charge in [-0.25, -0.2) is 4.39 Å². The van der Waals surface area contributed by atoms with E-state index in [0.717, 1.165) is 0 Å². The molecule has 1 heterocycles. The Labute approximate surface area is 104 Å². The minimum Gasteiger partial charge on any atom is -0.494 e. The minimum absolute atomic E-state index is 0.213. The smallest absolute Gasteiger partial charge is 0.165 e. The molecule has 1 aromatic heterocycles. The number of aromatic nitrogens is 3. The molecule has 0 atom stereocenters. The Morgan fingerprint density at radius 1 is 1.17 bits per heavy atom. The molecule has 1 aromatic carbocycles. The summed E-state index contributed by atoms with van der Waals surface area (Å²) in [6.45, 7) is 0. The van der Waals surface area contributed by atoms with Gasteiger partial charge in [0.15, 0.2) is 11.6 Å². The van der Waals surface area contributed by atoms with Crippen LogP contribution in [-0.4, -0.2) is 22.1 Å². The molecule has 18 heavy (non-hydrogen) atoms. The van der Waals surface area contributed by atoms with Gasteiger partial charge >= 0.3 is 0 Å². The number of hydrogen-bond acceptors (Lipinski definition) is 3. The molecule has 0 fully saturated rings. The molecule has 0 aliphatic heterocycles. The van der Waals surface area contributed by atoms with E-state index >= 15 is 0 Å². The van der Waals surface area contributed by atoms with Gasteiger partial charge in [0.2, 0.25) is 0 Å². The van der Waals surface area contributed by atoms with E-state index in [1.807, 2.05) is 0 Å². The van der Waals surface area contributed by atoms with Crippen LogP contribution in [0.4, 0.5) is 4.39 Å². The van der Waals surface area contributed by atoms with Crippen molar-refractivity contribution in [3.8, 4) is 17.0 Å². The SMILES string of the molecule is COc1ccc(-c2cnccncc[nH]2)cc1F. The molecular formula is C13H12FN3O. The third-order valence-electron chi connectivity index (χ3n) is 2.30. The van der Waals surface area contributed by atoms with Crippen molar-refractivity contribution >= 4 is 0 Å². The number of ether oxygens (including phenoxy) is 1. The van der Waals surface area contributed by atoms with Crippen LogP contribution in [-0.2, 0) is 0 Å². The molecule has 0 unspecified atom stereocenters. The van der Waals surface area contributed by atoms with Crippen LogP contribution in [0.25, 0.3) is 11.3 Å². The maximum Gasteiger partial charge on any atom is 0.165 e. The van der Waals surface area contributed by atoms with Crippen LogP contribution >= 0.6 is 0 Å². The van der Waals surface area contributed by atoms with Gasteiger partial charge in [-0.3, -0.25) is 9.97 Å². The average molecular weight is 245 g/mol. The van der Waals surface area contributed by atoms with Crippen molar-refractivity contribution in [3.63, 3.8) is 0 Å². The highest BCUT2D eigenvalue weighted by Gasteiger charge is 2.04. The summed E-state index contributed by atoms with van der Waals surface area (Å²) in [5, 5.41) is 0. The van der Waals surface area contributed by atoms with Gasteiger partial charge < -0.3 is 9.72 Å². The zero-order chi connectivity index (χ0) is 12.8. The molecule has 0 aliphatic carbocycles. The van der Waals surface area contributed by atoms with Crippen molar-refractivity contribution < 1.29 is 9.13 Å². The highest BCUT2D eigenvalue weighted by atomic mass is 19.1. The first-order valence-corrected chi connectivity index (χ1v) is 5.32. The number of methoxy groups -OCH3 is 1. The third-order valence-corrected chi connectivity index (χ3v) is 2.30. The maximum absolute atomic E-state index is 13.6. The van der Waals surface area contributed by atoms with Crippen molar-refractivity contribution in [2.75, 3.05) is 7.11 Å². The Morgan fingerprint density at radius 3 is 2.78 bits per heavy atom. The summed E-state index contributed by atoms with van der Waals surface area (Å²) in [7, 11) is 1.43. The highest BCUT2D eigenvalue weighted by Crippen LogP contribution is 2.23. The monoisotopic (exact) mass is 245 g/mol. The van der Waals surface area contributed by atoms with E-state index in [9.17, 15) is 4.39 Å². The minimum atomic E-state index is -0.415. The number of benzene rings is 1. The first-order chi connectivity index (χ1) is 8.81. The second-order valence-corrected chi connectivity index (χ2v) is 3.45. The molecule has 0 amide bonds. The van der Waals surface area contributed by atoms with E-state index in [0.29, 0.717) is 11.3 Å². The van der Waals surface area contributed by atoms with Gasteiger partial charge in [0, 0.05) is 30.4 Å². The normalized spacial score (nSPS) is 9.67. The van der Waals surface area contributed by atoms with Crippen molar-refractivity contribution in [1.29, 1.82) is 0 Å². The van der Waals surface area contributed by atoms with E-state index in [-0.39, 0.29) is 5.75 Å². The number of halogens is 1. The van der Waals surface area contributed by atoms with E-state index in [1.165, 1.54) is 13.2 Å². The Bertz CT molecular complexity index is 558. The van der Waals surface area contributed by atoms with E-state index in [4.69, 9.17) is 4.74 Å². The quantitative estimate of drug-likeness (QED) is 0.885. The average Bonchev–Trinajstić information content (AvgIpc) is 2.52. The van der Waals surface area contributed by atoms with Gasteiger partial charge in [-0.15, -0.1) is 0 Å². The zero-order valence-corrected chi connectivity index (χ0v) is 9.80. The Balaban J connectivity index is 2.49. The lowest BCUT2D eigenvalue weighted by atomic mass is 10.1. The van der Waals surface area contributed by atoms with Gasteiger partial charge in [-0.1, -0.05) is 0 Å². The molecular weight excluding hydrogens is 233 g/mol. The molecule has 2 aromatic rings. The van der Waals surface area contributed by atoms with Crippen LogP contribution in [0, 0.1) is 5.82 Å². The van der Waals surface area contributed by atoms with Crippen molar-refractivity contribution in [1.82, 2.24) is 15.0 Å². The maximum atomic E-state index is 13.6. The van der Waals surface area contributed by atoms with Gasteiger partial charge in [0.1, 0.15) is 0 Å². The topological polar surface area (TPSA) is 50.8 Å². The fourth-order valence-electron chi connectivity index (χ4n) is 1.44. The molecule has 4 nitrogen and oxygen atoms in total. The van der Waals surface area contributed by atoms with Gasteiger partial charge in [-0.2, -0.15) is 0 Å². The van der Waals surface area contributed by atoms with Crippen molar-refractivity contribution in [2.24, 2.45) is 0 Å². The number of rotatable bonds is 2. The Kier molecular flexibility index (Phi) is 3.86. The standard InChI is InChI=1S/C13H12FN3O/c1-18-13-3-2-10(8-11(13)14)12-9-16-5-4-15-6-7-17-12/h2-9,17H,1H3. The van der Waals surface area contributed by atoms with E-state index in [1.54, 1.807) is 43.1 Å². The predicted octanol–water partition coefficient (Wildman–Crippen LogP) is 2.74.